The van der Waals surface area contributed by atoms with Crippen LogP contribution in [0.3, 0.4) is 0 Å². The van der Waals surface area contributed by atoms with E-state index in [9.17, 15) is 9.18 Å². The molecule has 1 amide bonds. The Morgan fingerprint density at radius 2 is 1.07 bits per heavy atom. The Balaban J connectivity index is 0.000000788. The zero-order chi connectivity index (χ0) is 40.7. The van der Waals surface area contributed by atoms with Crippen LogP contribution in [-0.4, -0.2) is 36.0 Å². The second-order valence-electron chi connectivity index (χ2n) is 11.1. The summed E-state index contributed by atoms with van der Waals surface area (Å²) in [6.07, 6.45) is 1.81. The number of aromatic hydroxyl groups is 1. The number of phenols is 1. The predicted molar refractivity (Wildman–Crippen MR) is 221 cm³/mol. The van der Waals surface area contributed by atoms with Crippen LogP contribution in [0, 0.1) is 5.82 Å². The van der Waals surface area contributed by atoms with Gasteiger partial charge in [0.15, 0.2) is 0 Å². The predicted octanol–water partition coefficient (Wildman–Crippen LogP) is 5.91. The third-order valence-electron chi connectivity index (χ3n) is 7.00. The van der Waals surface area contributed by atoms with Crippen molar-refractivity contribution in [1.29, 1.82) is 0 Å². The summed E-state index contributed by atoms with van der Waals surface area (Å²) >= 11 is 18.0. The molecule has 1 aliphatic heterocycles. The van der Waals surface area contributed by atoms with E-state index in [1.807, 2.05) is 98.0 Å². The smallest absolute Gasteiger partial charge is 1.00 e. The fraction of sp³-hybridized carbons (Fsp3) is 0.0952. The second kappa shape index (κ2) is 31.1. The average molecular weight is 1010 g/mol. The van der Waals surface area contributed by atoms with E-state index in [2.05, 4.69) is 36.7 Å². The maximum atomic E-state index is 13.2. The fourth-order valence-corrected chi connectivity index (χ4v) is 5.32. The number of ether oxygens (including phenoxy) is 3. The number of hydrogen-bond acceptors (Lipinski definition) is 8. The molecule has 1 saturated heterocycles. The van der Waals surface area contributed by atoms with Crippen LogP contribution in [-0.2, 0) is 14.5 Å². The molecule has 0 saturated carbocycles. The molecule has 0 unspecified atom stereocenters. The third kappa shape index (κ3) is 21.1. The Labute approximate surface area is 450 Å². The Kier molecular flexibility index (Phi) is 29.0. The number of benzene rings is 6. The number of hydrogen-bond donors (Lipinski definition) is 1. The summed E-state index contributed by atoms with van der Waals surface area (Å²) in [7, 11) is 1.84. The van der Waals surface area contributed by atoms with E-state index in [4.69, 9.17) is 52.6 Å². The van der Waals surface area contributed by atoms with Gasteiger partial charge in [0.1, 0.15) is 50.5 Å². The maximum Gasteiger partial charge on any atom is 1.00 e. The van der Waals surface area contributed by atoms with Crippen molar-refractivity contribution in [2.45, 2.75) is 12.8 Å². The molecule has 1 N–H and O–H groups in total. The van der Waals surface area contributed by atoms with Crippen molar-refractivity contribution in [2.75, 3.05) is 13.6 Å². The number of carbonyl (C=O) groups is 2. The average Bonchev–Trinajstić information content (AvgIpc) is 3.60. The van der Waals surface area contributed by atoms with Crippen LogP contribution in [0.15, 0.2) is 155 Å². The summed E-state index contributed by atoms with van der Waals surface area (Å²) in [6.45, 7) is 0.777. The SMILES string of the molecule is CN1CCCC1=O.Clc1ccc(Oc2cccc(Oc3ccccc3)c2Br)cc1.Fc1cccc(Oc2ccccc2)c1Br.O=CO[O-].Oc1ccc(Cl)cc1.[H-].[K+].[K+]. The minimum Gasteiger partial charge on any atom is -1.00 e. The molecule has 294 valence electrons. The minimum atomic E-state index is -0.330. The zero-order valence-corrected chi connectivity index (χ0v) is 42.6. The number of phenolic OH excluding ortho intramolecular Hbond substituents is 1. The molecule has 16 heteroatoms. The van der Waals surface area contributed by atoms with E-state index in [1.165, 1.54) is 6.07 Å². The van der Waals surface area contributed by atoms with Gasteiger partial charge in [0, 0.05) is 30.1 Å². The molecule has 0 aliphatic carbocycles. The topological polar surface area (TPSA) is 118 Å². The summed E-state index contributed by atoms with van der Waals surface area (Å²) in [5.41, 5.74) is 0. The van der Waals surface area contributed by atoms with E-state index < -0.39 is 0 Å². The number of rotatable bonds is 7. The van der Waals surface area contributed by atoms with Gasteiger partial charge in [-0.2, -0.15) is 0 Å². The van der Waals surface area contributed by atoms with Crippen LogP contribution >= 0.6 is 55.1 Å². The van der Waals surface area contributed by atoms with Gasteiger partial charge in [-0.25, -0.2) is 4.39 Å². The third-order valence-corrected chi connectivity index (χ3v) is 9.06. The van der Waals surface area contributed by atoms with E-state index in [0.717, 1.165) is 29.6 Å². The summed E-state index contributed by atoms with van der Waals surface area (Å²) in [4.78, 5) is 23.5. The Morgan fingerprint density at radius 3 is 1.43 bits per heavy atom. The van der Waals surface area contributed by atoms with Crippen molar-refractivity contribution in [3.05, 3.63) is 170 Å². The zero-order valence-electron chi connectivity index (χ0n) is 32.7. The molecule has 1 heterocycles. The van der Waals surface area contributed by atoms with Gasteiger partial charge in [-0.15, -0.1) is 0 Å². The van der Waals surface area contributed by atoms with Crippen molar-refractivity contribution in [3.63, 3.8) is 0 Å². The first-order valence-electron chi connectivity index (χ1n) is 16.5. The van der Waals surface area contributed by atoms with Crippen LogP contribution in [0.25, 0.3) is 0 Å². The largest absolute Gasteiger partial charge is 1.00 e. The van der Waals surface area contributed by atoms with E-state index >= 15 is 0 Å². The van der Waals surface area contributed by atoms with Crippen LogP contribution in [0.4, 0.5) is 4.39 Å². The standard InChI is InChI=1S/C18H12BrClO2.C12H8BrFO.C6H5ClO.C5H9NO.CH2O3.2K.H/c19-18-16(21-14-5-2-1-3-6-14)7-4-8-17(18)22-15-11-9-13(20)10-12-15;13-12-10(14)7-4-8-11(12)15-9-5-2-1-3-6-9;7-5-1-3-6(8)4-2-5;1-6-4-2-3-5(6)7;2-1-4-3;;;/h1-12H;1-8H;1-4,8H;2-4H2,1H3;1,3H;;;/q;;;;;2*+1;-1/p-1. The summed E-state index contributed by atoms with van der Waals surface area (Å²) in [6, 6.07) is 42.8. The number of carbonyl (C=O) groups excluding carboxylic acids is 2. The van der Waals surface area contributed by atoms with Gasteiger partial charge in [0.2, 0.25) is 5.91 Å². The number of nitrogens with zero attached hydrogens (tertiary/aromatic N) is 1. The van der Waals surface area contributed by atoms with Crippen LogP contribution < -0.4 is 122 Å². The Bertz CT molecular complexity index is 2060. The van der Waals surface area contributed by atoms with Gasteiger partial charge < -0.3 is 35.8 Å². The number of para-hydroxylation sites is 2. The van der Waals surface area contributed by atoms with Gasteiger partial charge in [-0.3, -0.25) is 9.59 Å². The quantitative estimate of drug-likeness (QED) is 0.0910. The first-order chi connectivity index (χ1) is 27.0. The number of likely N-dealkylation sites (tertiary alicyclic amines) is 1. The molecule has 9 nitrogen and oxygen atoms in total. The van der Waals surface area contributed by atoms with Crippen molar-refractivity contribution in [1.82, 2.24) is 4.90 Å². The molecular weight excluding hydrogens is 974 g/mol. The van der Waals surface area contributed by atoms with Crippen molar-refractivity contribution >= 4 is 67.4 Å². The fourth-order valence-electron chi connectivity index (χ4n) is 4.30. The van der Waals surface area contributed by atoms with Gasteiger partial charge in [-0.05, 0) is 135 Å². The Morgan fingerprint density at radius 1 is 0.672 bits per heavy atom. The van der Waals surface area contributed by atoms with Crippen molar-refractivity contribution in [3.8, 4) is 40.2 Å². The molecule has 6 aromatic rings. The molecule has 0 spiro atoms. The molecule has 0 aromatic heterocycles. The van der Waals surface area contributed by atoms with E-state index in [1.54, 1.807) is 53.4 Å². The van der Waals surface area contributed by atoms with Crippen LogP contribution in [0.1, 0.15) is 14.3 Å². The first kappa shape index (κ1) is 54.2. The summed E-state index contributed by atoms with van der Waals surface area (Å²) in [5, 5.41) is 18.4. The van der Waals surface area contributed by atoms with Crippen LogP contribution in [0.5, 0.6) is 40.2 Å². The second-order valence-corrected chi connectivity index (χ2v) is 13.6. The molecule has 1 aliphatic rings. The molecular formula is C42H36Br2Cl2FK2NO8. The molecule has 6 aromatic carbocycles. The van der Waals surface area contributed by atoms with Crippen molar-refractivity contribution < 1.29 is 148 Å². The Hall–Kier alpha value is -1.84. The monoisotopic (exact) mass is 1010 g/mol. The van der Waals surface area contributed by atoms with Gasteiger partial charge in [0.25, 0.3) is 6.47 Å². The first-order valence-corrected chi connectivity index (χ1v) is 18.9. The summed E-state index contributed by atoms with van der Waals surface area (Å²) in [5.74, 6) is 4.21. The van der Waals surface area contributed by atoms with E-state index in [0.29, 0.717) is 49.2 Å². The molecule has 7 rings (SSSR count). The number of amides is 1. The molecule has 58 heavy (non-hydrogen) atoms. The normalized spacial score (nSPS) is 10.7. The van der Waals surface area contributed by atoms with Gasteiger partial charge in [-0.1, -0.05) is 71.7 Å². The molecule has 0 bridgehead atoms. The van der Waals surface area contributed by atoms with Gasteiger partial charge in [0.05, 0.1) is 4.47 Å². The minimum absolute atomic E-state index is 0. The maximum absolute atomic E-state index is 13.2. The molecule has 0 atom stereocenters. The molecule has 1 fully saturated rings. The number of halogens is 5. The molecule has 0 radical (unpaired) electrons. The van der Waals surface area contributed by atoms with Crippen LogP contribution in [0.2, 0.25) is 10.0 Å². The summed E-state index contributed by atoms with van der Waals surface area (Å²) < 4.78 is 31.5. The van der Waals surface area contributed by atoms with E-state index in [-0.39, 0.29) is 122 Å². The van der Waals surface area contributed by atoms with Crippen molar-refractivity contribution in [2.24, 2.45) is 0 Å². The van der Waals surface area contributed by atoms with Gasteiger partial charge >= 0.3 is 103 Å².